The molecule has 0 fully saturated rings. The maximum atomic E-state index is 4.35. The molecule has 0 amide bonds. The summed E-state index contributed by atoms with van der Waals surface area (Å²) in [6.45, 7) is 10.3. The lowest BCUT2D eigenvalue weighted by atomic mass is 9.61. The zero-order valence-electron chi connectivity index (χ0n) is 14.0. The van der Waals surface area contributed by atoms with Gasteiger partial charge in [-0.1, -0.05) is 49.7 Å². The van der Waals surface area contributed by atoms with E-state index < -0.39 is 0 Å². The van der Waals surface area contributed by atoms with Crippen molar-refractivity contribution in [1.29, 1.82) is 0 Å². The molecule has 1 unspecified atom stereocenters. The second-order valence-corrected chi connectivity index (χ2v) is 8.35. The fourth-order valence-corrected chi connectivity index (χ4v) is 4.06. The number of aromatic nitrogens is 2. The van der Waals surface area contributed by atoms with Gasteiger partial charge in [0.15, 0.2) is 0 Å². The Bertz CT molecular complexity index is 673. The SMILES string of the molecule is CCC1(C)CCC(C)(C)c2cc(Br)c(Cn3cccn3)cc21. The van der Waals surface area contributed by atoms with Crippen LogP contribution in [0.2, 0.25) is 0 Å². The van der Waals surface area contributed by atoms with Gasteiger partial charge in [-0.25, -0.2) is 0 Å². The molecule has 0 aliphatic heterocycles. The summed E-state index contributed by atoms with van der Waals surface area (Å²) in [4.78, 5) is 0. The van der Waals surface area contributed by atoms with Gasteiger partial charge in [-0.3, -0.25) is 4.68 Å². The third-order valence-corrected chi connectivity index (χ3v) is 6.28. The van der Waals surface area contributed by atoms with Gasteiger partial charge < -0.3 is 0 Å². The standard InChI is InChI=1S/C19H25BrN2/c1-5-19(4)8-7-18(2,3)15-12-17(20)14(11-16(15)19)13-22-10-6-9-21-22/h6,9-12H,5,7-8,13H2,1-4H3. The second kappa shape index (κ2) is 5.52. The Balaban J connectivity index is 2.11. The summed E-state index contributed by atoms with van der Waals surface area (Å²) in [5.41, 5.74) is 4.93. The third kappa shape index (κ3) is 2.64. The van der Waals surface area contributed by atoms with Crippen LogP contribution in [0.1, 0.15) is 63.6 Å². The number of hydrogen-bond donors (Lipinski definition) is 0. The molecule has 1 aromatic carbocycles. The van der Waals surface area contributed by atoms with Crippen LogP contribution in [0.4, 0.5) is 0 Å². The van der Waals surface area contributed by atoms with Gasteiger partial charge in [-0.2, -0.15) is 5.10 Å². The van der Waals surface area contributed by atoms with Crippen molar-refractivity contribution >= 4 is 15.9 Å². The average Bonchev–Trinajstić information content (AvgIpc) is 2.98. The van der Waals surface area contributed by atoms with Crippen molar-refractivity contribution in [3.05, 3.63) is 51.8 Å². The summed E-state index contributed by atoms with van der Waals surface area (Å²) in [5, 5.41) is 4.35. The van der Waals surface area contributed by atoms with E-state index in [1.165, 1.54) is 40.4 Å². The highest BCUT2D eigenvalue weighted by atomic mass is 79.9. The van der Waals surface area contributed by atoms with Crippen LogP contribution in [0.25, 0.3) is 0 Å². The summed E-state index contributed by atoms with van der Waals surface area (Å²) < 4.78 is 3.19. The highest BCUT2D eigenvalue weighted by Gasteiger charge is 2.39. The normalized spacial score (nSPS) is 23.3. The Labute approximate surface area is 142 Å². The first-order chi connectivity index (χ1) is 10.4. The first kappa shape index (κ1) is 15.8. The van der Waals surface area contributed by atoms with E-state index in [1.807, 2.05) is 23.1 Å². The minimum absolute atomic E-state index is 0.261. The first-order valence-electron chi connectivity index (χ1n) is 8.16. The summed E-state index contributed by atoms with van der Waals surface area (Å²) in [5.74, 6) is 0. The fraction of sp³-hybridized carbons (Fsp3) is 0.526. The van der Waals surface area contributed by atoms with Crippen LogP contribution < -0.4 is 0 Å². The molecule has 0 saturated carbocycles. The second-order valence-electron chi connectivity index (χ2n) is 7.49. The van der Waals surface area contributed by atoms with Gasteiger partial charge in [-0.15, -0.1) is 0 Å². The number of nitrogens with zero attached hydrogens (tertiary/aromatic N) is 2. The Morgan fingerprint density at radius 1 is 1.18 bits per heavy atom. The first-order valence-corrected chi connectivity index (χ1v) is 8.96. The van der Waals surface area contributed by atoms with Crippen molar-refractivity contribution in [2.45, 2.75) is 64.3 Å². The minimum atomic E-state index is 0.261. The maximum Gasteiger partial charge on any atom is 0.0670 e. The monoisotopic (exact) mass is 360 g/mol. The Morgan fingerprint density at radius 3 is 2.59 bits per heavy atom. The molecule has 1 atom stereocenters. The maximum absolute atomic E-state index is 4.35. The molecule has 1 aliphatic rings. The van der Waals surface area contributed by atoms with E-state index in [9.17, 15) is 0 Å². The molecule has 1 aromatic heterocycles. The van der Waals surface area contributed by atoms with E-state index in [0.29, 0.717) is 5.41 Å². The zero-order chi connectivity index (χ0) is 16.0. The lowest BCUT2D eigenvalue weighted by Crippen LogP contribution is -2.35. The van der Waals surface area contributed by atoms with E-state index in [1.54, 1.807) is 0 Å². The van der Waals surface area contributed by atoms with Gasteiger partial charge in [0.25, 0.3) is 0 Å². The smallest absolute Gasteiger partial charge is 0.0670 e. The molecule has 1 heterocycles. The van der Waals surface area contributed by atoms with Gasteiger partial charge in [0.2, 0.25) is 0 Å². The molecule has 3 rings (SSSR count). The van der Waals surface area contributed by atoms with Crippen molar-refractivity contribution in [3.63, 3.8) is 0 Å². The van der Waals surface area contributed by atoms with Crippen molar-refractivity contribution < 1.29 is 0 Å². The molecule has 0 bridgehead atoms. The Kier molecular flexibility index (Phi) is 3.96. The predicted octanol–water partition coefficient (Wildman–Crippen LogP) is 5.43. The topological polar surface area (TPSA) is 17.8 Å². The van der Waals surface area contributed by atoms with Crippen molar-refractivity contribution in [2.24, 2.45) is 0 Å². The van der Waals surface area contributed by atoms with Crippen LogP contribution in [0, 0.1) is 0 Å². The molecule has 118 valence electrons. The van der Waals surface area contributed by atoms with E-state index >= 15 is 0 Å². The van der Waals surface area contributed by atoms with Crippen molar-refractivity contribution in [3.8, 4) is 0 Å². The molecular formula is C19H25BrN2. The molecule has 0 saturated heterocycles. The van der Waals surface area contributed by atoms with Crippen LogP contribution in [0.3, 0.4) is 0 Å². The lowest BCUT2D eigenvalue weighted by molar-refractivity contribution is 0.304. The minimum Gasteiger partial charge on any atom is -0.268 e. The summed E-state index contributed by atoms with van der Waals surface area (Å²) >= 11 is 3.79. The molecule has 22 heavy (non-hydrogen) atoms. The molecule has 3 heteroatoms. The highest BCUT2D eigenvalue weighted by molar-refractivity contribution is 9.10. The van der Waals surface area contributed by atoms with Gasteiger partial charge in [0.05, 0.1) is 6.54 Å². The molecule has 0 N–H and O–H groups in total. The van der Waals surface area contributed by atoms with Crippen LogP contribution >= 0.6 is 15.9 Å². The molecule has 0 radical (unpaired) electrons. The number of halogens is 1. The number of rotatable bonds is 3. The molecule has 2 nitrogen and oxygen atoms in total. The lowest BCUT2D eigenvalue weighted by Gasteiger charge is -2.44. The van der Waals surface area contributed by atoms with Gasteiger partial charge in [0, 0.05) is 16.9 Å². The van der Waals surface area contributed by atoms with Gasteiger partial charge in [0.1, 0.15) is 0 Å². The summed E-state index contributed by atoms with van der Waals surface area (Å²) in [6.07, 6.45) is 7.58. The fourth-order valence-electron chi connectivity index (χ4n) is 3.59. The largest absolute Gasteiger partial charge is 0.268 e. The van der Waals surface area contributed by atoms with Crippen LogP contribution in [0.5, 0.6) is 0 Å². The van der Waals surface area contributed by atoms with E-state index in [2.05, 4.69) is 60.9 Å². The van der Waals surface area contributed by atoms with Crippen molar-refractivity contribution in [1.82, 2.24) is 9.78 Å². The Hall–Kier alpha value is -1.09. The van der Waals surface area contributed by atoms with E-state index in [0.717, 1.165) is 6.54 Å². The zero-order valence-corrected chi connectivity index (χ0v) is 15.6. The van der Waals surface area contributed by atoms with E-state index in [4.69, 9.17) is 0 Å². The average molecular weight is 361 g/mol. The van der Waals surface area contributed by atoms with Gasteiger partial charge >= 0.3 is 0 Å². The quantitative estimate of drug-likeness (QED) is 0.712. The molecule has 0 spiro atoms. The van der Waals surface area contributed by atoms with Gasteiger partial charge in [-0.05, 0) is 58.9 Å². The highest BCUT2D eigenvalue weighted by Crippen LogP contribution is 2.48. The Morgan fingerprint density at radius 2 is 1.95 bits per heavy atom. The summed E-state index contributed by atoms with van der Waals surface area (Å²) in [6, 6.07) is 6.76. The molecule has 1 aliphatic carbocycles. The predicted molar refractivity (Wildman–Crippen MR) is 95.4 cm³/mol. The van der Waals surface area contributed by atoms with Crippen molar-refractivity contribution in [2.75, 3.05) is 0 Å². The third-order valence-electron chi connectivity index (χ3n) is 5.54. The van der Waals surface area contributed by atoms with E-state index in [-0.39, 0.29) is 5.41 Å². The molecular weight excluding hydrogens is 336 g/mol. The van der Waals surface area contributed by atoms with Crippen LogP contribution in [0.15, 0.2) is 35.1 Å². The number of benzene rings is 1. The molecule has 2 aromatic rings. The number of fused-ring (bicyclic) bond motifs is 1. The summed E-state index contributed by atoms with van der Waals surface area (Å²) in [7, 11) is 0. The number of hydrogen-bond acceptors (Lipinski definition) is 1. The van der Waals surface area contributed by atoms with Crippen LogP contribution in [-0.2, 0) is 17.4 Å². The van der Waals surface area contributed by atoms with Crippen LogP contribution in [-0.4, -0.2) is 9.78 Å².